The van der Waals surface area contributed by atoms with Crippen molar-refractivity contribution in [1.29, 1.82) is 0 Å². The van der Waals surface area contributed by atoms with Gasteiger partial charge in [-0.3, -0.25) is 14.9 Å². The lowest BCUT2D eigenvalue weighted by Crippen LogP contribution is -2.47. The molecule has 2 aliphatic rings. The van der Waals surface area contributed by atoms with Gasteiger partial charge in [-0.2, -0.15) is 0 Å². The fourth-order valence-electron chi connectivity index (χ4n) is 2.69. The zero-order chi connectivity index (χ0) is 18.4. The maximum Gasteiger partial charge on any atom is 0.325 e. The van der Waals surface area contributed by atoms with Crippen LogP contribution in [0.3, 0.4) is 0 Å². The van der Waals surface area contributed by atoms with Crippen molar-refractivity contribution in [3.05, 3.63) is 18.2 Å². The number of carbonyl (C=O) groups is 3. The number of nitrogens with zero attached hydrogens (tertiary/aromatic N) is 1. The Morgan fingerprint density at radius 2 is 1.88 bits per heavy atom. The summed E-state index contributed by atoms with van der Waals surface area (Å²) in [5, 5.41) is 4.92. The second kappa shape index (κ2) is 5.65. The van der Waals surface area contributed by atoms with Crippen molar-refractivity contribution in [1.82, 2.24) is 10.2 Å². The summed E-state index contributed by atoms with van der Waals surface area (Å²) in [6.07, 6.45) is 0.677. The molecule has 0 saturated carbocycles. The highest BCUT2D eigenvalue weighted by molar-refractivity contribution is 6.08. The Balaban J connectivity index is 1.68. The quantitative estimate of drug-likeness (QED) is 0.810. The molecule has 0 bridgehead atoms. The van der Waals surface area contributed by atoms with Crippen molar-refractivity contribution >= 4 is 23.5 Å². The molecule has 0 aromatic heterocycles. The van der Waals surface area contributed by atoms with E-state index in [-0.39, 0.29) is 6.54 Å². The fraction of sp³-hybridized carbons (Fsp3) is 0.471. The number of ether oxygens (including phenoxy) is 2. The first-order valence-corrected chi connectivity index (χ1v) is 8.09. The molecule has 1 atom stereocenters. The molecule has 134 valence electrons. The van der Waals surface area contributed by atoms with Crippen molar-refractivity contribution in [3.63, 3.8) is 0 Å². The lowest BCUT2D eigenvalue weighted by molar-refractivity contribution is -0.126. The number of fused-ring (bicyclic) bond motifs is 1. The van der Waals surface area contributed by atoms with E-state index in [9.17, 15) is 14.4 Å². The van der Waals surface area contributed by atoms with Crippen LogP contribution in [0.15, 0.2) is 18.2 Å². The van der Waals surface area contributed by atoms with E-state index in [1.165, 1.54) is 4.90 Å². The van der Waals surface area contributed by atoms with Gasteiger partial charge in [0, 0.05) is 25.1 Å². The number of urea groups is 1. The molecule has 2 aliphatic heterocycles. The summed E-state index contributed by atoms with van der Waals surface area (Å²) in [5.41, 5.74) is -0.539. The van der Waals surface area contributed by atoms with Crippen molar-refractivity contribution in [2.24, 2.45) is 0 Å². The second-order valence-corrected chi connectivity index (χ2v) is 6.81. The topological polar surface area (TPSA) is 97.0 Å². The summed E-state index contributed by atoms with van der Waals surface area (Å²) >= 11 is 0. The van der Waals surface area contributed by atoms with Gasteiger partial charge in [0.2, 0.25) is 11.7 Å². The zero-order valence-corrected chi connectivity index (χ0v) is 14.6. The summed E-state index contributed by atoms with van der Waals surface area (Å²) in [6.45, 7) is 6.75. The molecule has 1 fully saturated rings. The first kappa shape index (κ1) is 17.1. The van der Waals surface area contributed by atoms with Crippen molar-refractivity contribution in [2.45, 2.75) is 45.4 Å². The van der Waals surface area contributed by atoms with Gasteiger partial charge in [0.1, 0.15) is 12.1 Å². The van der Waals surface area contributed by atoms with Crippen molar-refractivity contribution < 1.29 is 23.9 Å². The van der Waals surface area contributed by atoms with E-state index in [4.69, 9.17) is 9.47 Å². The van der Waals surface area contributed by atoms with Crippen LogP contribution in [-0.4, -0.2) is 40.6 Å². The van der Waals surface area contributed by atoms with E-state index < -0.39 is 29.2 Å². The van der Waals surface area contributed by atoms with Crippen LogP contribution in [0.1, 0.15) is 34.1 Å². The molecule has 0 aliphatic carbocycles. The standard InChI is InChI=1S/C17H21N3O5/c1-5-17(4)24-11-7-6-10(8-12(11)25-17)18-13(21)9-20-15(23)19-14(22)16(20,2)3/h6-8H,5,9H2,1-4H3,(H,18,21)(H,19,22,23). The highest BCUT2D eigenvalue weighted by Gasteiger charge is 2.46. The van der Waals surface area contributed by atoms with Gasteiger partial charge in [-0.15, -0.1) is 0 Å². The molecule has 1 aromatic rings. The lowest BCUT2D eigenvalue weighted by atomic mass is 10.0. The first-order valence-electron chi connectivity index (χ1n) is 8.09. The molecule has 0 spiro atoms. The van der Waals surface area contributed by atoms with Crippen LogP contribution in [0, 0.1) is 0 Å². The third-order valence-electron chi connectivity index (χ3n) is 4.52. The number of carbonyl (C=O) groups excluding carboxylic acids is 3. The monoisotopic (exact) mass is 347 g/mol. The molecule has 1 aromatic carbocycles. The molecule has 1 unspecified atom stereocenters. The highest BCUT2D eigenvalue weighted by Crippen LogP contribution is 2.42. The smallest absolute Gasteiger partial charge is 0.325 e. The Morgan fingerprint density at radius 1 is 1.20 bits per heavy atom. The van der Waals surface area contributed by atoms with Crippen molar-refractivity contribution in [2.75, 3.05) is 11.9 Å². The van der Waals surface area contributed by atoms with Crippen LogP contribution in [0.25, 0.3) is 0 Å². The van der Waals surface area contributed by atoms with Gasteiger partial charge in [0.25, 0.3) is 5.91 Å². The second-order valence-electron chi connectivity index (χ2n) is 6.81. The molecular formula is C17H21N3O5. The largest absolute Gasteiger partial charge is 0.449 e. The minimum absolute atomic E-state index is 0.230. The maximum absolute atomic E-state index is 12.3. The Bertz CT molecular complexity index is 761. The number of anilines is 1. The molecular weight excluding hydrogens is 326 g/mol. The summed E-state index contributed by atoms with van der Waals surface area (Å²) in [5.74, 6) is -0.366. The predicted octanol–water partition coefficient (Wildman–Crippen LogP) is 1.85. The average molecular weight is 347 g/mol. The Kier molecular flexibility index (Phi) is 3.85. The summed E-state index contributed by atoms with van der Waals surface area (Å²) in [6, 6.07) is 4.52. The molecule has 25 heavy (non-hydrogen) atoms. The number of amides is 4. The highest BCUT2D eigenvalue weighted by atomic mass is 16.7. The average Bonchev–Trinajstić information content (AvgIpc) is 2.96. The first-order chi connectivity index (χ1) is 11.6. The number of nitrogens with one attached hydrogen (secondary N) is 2. The Hall–Kier alpha value is -2.77. The van der Waals surface area contributed by atoms with Gasteiger partial charge >= 0.3 is 6.03 Å². The van der Waals surface area contributed by atoms with Crippen LogP contribution in [0.2, 0.25) is 0 Å². The predicted molar refractivity (Wildman–Crippen MR) is 89.3 cm³/mol. The Morgan fingerprint density at radius 3 is 2.48 bits per heavy atom. The van der Waals surface area contributed by atoms with Crippen LogP contribution in [-0.2, 0) is 9.59 Å². The molecule has 2 N–H and O–H groups in total. The lowest BCUT2D eigenvalue weighted by Gasteiger charge is -2.27. The summed E-state index contributed by atoms with van der Waals surface area (Å²) in [7, 11) is 0. The van der Waals surface area contributed by atoms with Crippen LogP contribution < -0.4 is 20.1 Å². The molecule has 8 heteroatoms. The minimum Gasteiger partial charge on any atom is -0.449 e. The molecule has 8 nitrogen and oxygen atoms in total. The zero-order valence-electron chi connectivity index (χ0n) is 14.6. The van der Waals surface area contributed by atoms with Gasteiger partial charge < -0.3 is 19.7 Å². The maximum atomic E-state index is 12.3. The number of benzene rings is 1. The van der Waals surface area contributed by atoms with Crippen LogP contribution in [0.4, 0.5) is 10.5 Å². The number of hydrogen-bond acceptors (Lipinski definition) is 5. The normalized spacial score (nSPS) is 23.6. The van der Waals surface area contributed by atoms with Gasteiger partial charge in [0.05, 0.1) is 0 Å². The molecule has 4 amide bonds. The molecule has 2 heterocycles. The van der Waals surface area contributed by atoms with Crippen molar-refractivity contribution in [3.8, 4) is 11.5 Å². The molecule has 0 radical (unpaired) electrons. The van der Waals surface area contributed by atoms with Crippen LogP contribution in [0.5, 0.6) is 11.5 Å². The van der Waals surface area contributed by atoms with Gasteiger partial charge in [-0.05, 0) is 26.0 Å². The van der Waals surface area contributed by atoms with E-state index in [1.54, 1.807) is 32.0 Å². The number of imide groups is 1. The third kappa shape index (κ3) is 2.99. The third-order valence-corrected chi connectivity index (χ3v) is 4.52. The fourth-order valence-corrected chi connectivity index (χ4v) is 2.69. The Labute approximate surface area is 145 Å². The van der Waals surface area contributed by atoms with E-state index in [0.717, 1.165) is 0 Å². The minimum atomic E-state index is -1.06. The van der Waals surface area contributed by atoms with Gasteiger partial charge in [0.15, 0.2) is 11.5 Å². The van der Waals surface area contributed by atoms with Gasteiger partial charge in [-0.25, -0.2) is 4.79 Å². The summed E-state index contributed by atoms with van der Waals surface area (Å²) in [4.78, 5) is 37.0. The van der Waals surface area contributed by atoms with Gasteiger partial charge in [-0.1, -0.05) is 6.92 Å². The number of hydrogen-bond donors (Lipinski definition) is 2. The number of rotatable bonds is 4. The molecule has 1 saturated heterocycles. The van der Waals surface area contributed by atoms with E-state index in [0.29, 0.717) is 23.6 Å². The van der Waals surface area contributed by atoms with E-state index in [1.807, 2.05) is 13.8 Å². The summed E-state index contributed by atoms with van der Waals surface area (Å²) < 4.78 is 11.5. The van der Waals surface area contributed by atoms with E-state index >= 15 is 0 Å². The van der Waals surface area contributed by atoms with E-state index in [2.05, 4.69) is 10.6 Å². The van der Waals surface area contributed by atoms with Crippen LogP contribution >= 0.6 is 0 Å². The SMILES string of the molecule is CCC1(C)Oc2ccc(NC(=O)CN3C(=O)NC(=O)C3(C)C)cc2O1. The molecule has 3 rings (SSSR count).